The average Bonchev–Trinajstić information content (AvgIpc) is 2.70. The summed E-state index contributed by atoms with van der Waals surface area (Å²) >= 11 is 2.31. The molecule has 0 radical (unpaired) electrons. The Balaban J connectivity index is 1.51. The maximum atomic E-state index is 12.8. The Morgan fingerprint density at radius 1 is 1.11 bits per heavy atom. The first-order valence-corrected chi connectivity index (χ1v) is 11.2. The minimum absolute atomic E-state index is 0.0239. The van der Waals surface area contributed by atoms with E-state index in [0.29, 0.717) is 6.04 Å². The van der Waals surface area contributed by atoms with Gasteiger partial charge in [-0.05, 0) is 96.8 Å². The molecule has 1 amide bonds. The van der Waals surface area contributed by atoms with Crippen LogP contribution in [0.1, 0.15) is 45.9 Å². The van der Waals surface area contributed by atoms with Crippen molar-refractivity contribution in [3.8, 4) is 0 Å². The van der Waals surface area contributed by atoms with Gasteiger partial charge in [-0.15, -0.1) is 0 Å². The molecule has 4 rings (SSSR count). The number of carbonyl (C=O) groups excluding carboxylic acids is 1. The van der Waals surface area contributed by atoms with Crippen molar-refractivity contribution in [2.75, 3.05) is 38.5 Å². The number of anilines is 1. The number of piperazine rings is 1. The zero-order chi connectivity index (χ0) is 19.7. The third-order valence-corrected chi connectivity index (χ3v) is 7.26. The molecular formula is C23H28IN3O. The summed E-state index contributed by atoms with van der Waals surface area (Å²) in [5.41, 5.74) is 5.61. The molecular weight excluding hydrogens is 461 g/mol. The monoisotopic (exact) mass is 489 g/mol. The number of likely N-dealkylation sites (N-methyl/N-ethyl adjacent to an activating group) is 1. The summed E-state index contributed by atoms with van der Waals surface area (Å²) < 4.78 is 1.16. The Morgan fingerprint density at radius 2 is 1.89 bits per heavy atom. The minimum Gasteiger partial charge on any atom is -0.322 e. The maximum absolute atomic E-state index is 12.8. The van der Waals surface area contributed by atoms with Crippen molar-refractivity contribution in [3.63, 3.8) is 0 Å². The number of benzene rings is 2. The number of rotatable bonds is 3. The van der Waals surface area contributed by atoms with Gasteiger partial charge in [0.25, 0.3) is 5.91 Å². The fraction of sp³-hybridized carbons (Fsp3) is 0.435. The van der Waals surface area contributed by atoms with Crippen molar-refractivity contribution in [1.82, 2.24) is 9.80 Å². The second kappa shape index (κ2) is 8.51. The molecule has 1 unspecified atom stereocenters. The highest BCUT2D eigenvalue weighted by molar-refractivity contribution is 14.1. The number of aryl methyl sites for hydroxylation is 2. The Morgan fingerprint density at radius 3 is 2.64 bits per heavy atom. The Labute approximate surface area is 181 Å². The second-order valence-corrected chi connectivity index (χ2v) is 9.24. The number of nitrogens with one attached hydrogen (secondary N) is 1. The van der Waals surface area contributed by atoms with E-state index >= 15 is 0 Å². The smallest absolute Gasteiger partial charge is 0.255 e. The molecule has 0 aromatic heterocycles. The molecule has 1 fully saturated rings. The summed E-state index contributed by atoms with van der Waals surface area (Å²) in [5, 5.41) is 3.05. The van der Waals surface area contributed by atoms with Gasteiger partial charge in [-0.1, -0.05) is 12.1 Å². The number of halogens is 1. The van der Waals surface area contributed by atoms with Crippen molar-refractivity contribution in [2.24, 2.45) is 0 Å². The first-order chi connectivity index (χ1) is 13.5. The van der Waals surface area contributed by atoms with Gasteiger partial charge in [0.15, 0.2) is 0 Å². The van der Waals surface area contributed by atoms with E-state index < -0.39 is 0 Å². The van der Waals surface area contributed by atoms with Crippen LogP contribution >= 0.6 is 22.6 Å². The van der Waals surface area contributed by atoms with Gasteiger partial charge in [-0.2, -0.15) is 0 Å². The standard InChI is InChI=1S/C23H28IN3O/c1-16-6-8-19(15-21(16)24)25-23(28)18-7-9-20-17(14-18)4-3-5-22(20)27-12-10-26(2)11-13-27/h6-9,14-15,22H,3-5,10-13H2,1-2H3,(H,25,28). The zero-order valence-corrected chi connectivity index (χ0v) is 18.8. The normalized spacial score (nSPS) is 20.6. The Kier molecular flexibility index (Phi) is 6.04. The van der Waals surface area contributed by atoms with E-state index in [1.807, 2.05) is 24.3 Å². The van der Waals surface area contributed by atoms with E-state index in [4.69, 9.17) is 0 Å². The van der Waals surface area contributed by atoms with Gasteiger partial charge in [0.2, 0.25) is 0 Å². The number of carbonyl (C=O) groups is 1. The first kappa shape index (κ1) is 19.9. The van der Waals surface area contributed by atoms with Crippen LogP contribution in [0.5, 0.6) is 0 Å². The molecule has 4 nitrogen and oxygen atoms in total. The first-order valence-electron chi connectivity index (χ1n) is 10.1. The van der Waals surface area contributed by atoms with Crippen molar-refractivity contribution in [3.05, 3.63) is 62.2 Å². The van der Waals surface area contributed by atoms with E-state index in [1.54, 1.807) is 0 Å². The highest BCUT2D eigenvalue weighted by Crippen LogP contribution is 2.35. The number of hydrogen-bond donors (Lipinski definition) is 1. The molecule has 1 N–H and O–H groups in total. The van der Waals surface area contributed by atoms with Gasteiger partial charge in [0, 0.05) is 47.0 Å². The average molecular weight is 489 g/mol. The van der Waals surface area contributed by atoms with Gasteiger partial charge in [-0.25, -0.2) is 0 Å². The summed E-state index contributed by atoms with van der Waals surface area (Å²) in [7, 11) is 2.20. The van der Waals surface area contributed by atoms with Crippen LogP contribution in [0, 0.1) is 10.5 Å². The molecule has 1 aliphatic heterocycles. The van der Waals surface area contributed by atoms with E-state index in [0.717, 1.165) is 47.4 Å². The molecule has 0 spiro atoms. The lowest BCUT2D eigenvalue weighted by Gasteiger charge is -2.40. The predicted molar refractivity (Wildman–Crippen MR) is 123 cm³/mol. The zero-order valence-electron chi connectivity index (χ0n) is 16.7. The molecule has 1 saturated heterocycles. The fourth-order valence-corrected chi connectivity index (χ4v) is 4.83. The Hall–Kier alpha value is -1.44. The van der Waals surface area contributed by atoms with Crippen molar-refractivity contribution >= 4 is 34.2 Å². The van der Waals surface area contributed by atoms with Crippen LogP contribution in [0.15, 0.2) is 36.4 Å². The lowest BCUT2D eigenvalue weighted by atomic mass is 9.85. The fourth-order valence-electron chi connectivity index (χ4n) is 4.32. The van der Waals surface area contributed by atoms with Crippen LogP contribution in [0.25, 0.3) is 0 Å². The van der Waals surface area contributed by atoms with Gasteiger partial charge < -0.3 is 10.2 Å². The summed E-state index contributed by atoms with van der Waals surface area (Å²) in [5.74, 6) is -0.0239. The van der Waals surface area contributed by atoms with Gasteiger partial charge in [0.05, 0.1) is 0 Å². The van der Waals surface area contributed by atoms with E-state index in [-0.39, 0.29) is 5.91 Å². The third-order valence-electron chi connectivity index (χ3n) is 6.10. The lowest BCUT2D eigenvalue weighted by molar-refractivity contribution is 0.101. The summed E-state index contributed by atoms with van der Waals surface area (Å²) in [6.45, 7) is 6.63. The number of nitrogens with zero attached hydrogens (tertiary/aromatic N) is 2. The van der Waals surface area contributed by atoms with Crippen LogP contribution < -0.4 is 5.32 Å². The van der Waals surface area contributed by atoms with Crippen molar-refractivity contribution < 1.29 is 4.79 Å². The number of hydrogen-bond acceptors (Lipinski definition) is 3. The molecule has 2 aliphatic rings. The van der Waals surface area contributed by atoms with Gasteiger partial charge in [0.1, 0.15) is 0 Å². The molecule has 2 aromatic rings. The number of amides is 1. The largest absolute Gasteiger partial charge is 0.322 e. The third kappa shape index (κ3) is 4.26. The molecule has 2 aromatic carbocycles. The van der Waals surface area contributed by atoms with Gasteiger partial charge in [-0.3, -0.25) is 9.69 Å². The molecule has 0 bridgehead atoms. The maximum Gasteiger partial charge on any atom is 0.255 e. The van der Waals surface area contributed by atoms with Crippen LogP contribution in [-0.2, 0) is 6.42 Å². The molecule has 5 heteroatoms. The minimum atomic E-state index is -0.0239. The summed E-state index contributed by atoms with van der Waals surface area (Å²) in [6, 6.07) is 12.9. The van der Waals surface area contributed by atoms with E-state index in [2.05, 4.69) is 63.8 Å². The topological polar surface area (TPSA) is 35.6 Å². The highest BCUT2D eigenvalue weighted by Gasteiger charge is 2.28. The van der Waals surface area contributed by atoms with E-state index in [1.165, 1.54) is 29.5 Å². The number of fused-ring (bicyclic) bond motifs is 1. The molecule has 1 heterocycles. The summed E-state index contributed by atoms with van der Waals surface area (Å²) in [4.78, 5) is 17.8. The highest BCUT2D eigenvalue weighted by atomic mass is 127. The lowest BCUT2D eigenvalue weighted by Crippen LogP contribution is -2.46. The molecule has 1 atom stereocenters. The summed E-state index contributed by atoms with van der Waals surface area (Å²) in [6.07, 6.45) is 3.50. The predicted octanol–water partition coefficient (Wildman–Crippen LogP) is 4.48. The van der Waals surface area contributed by atoms with Crippen LogP contribution in [0.3, 0.4) is 0 Å². The molecule has 1 aliphatic carbocycles. The van der Waals surface area contributed by atoms with E-state index in [9.17, 15) is 4.79 Å². The van der Waals surface area contributed by atoms with Crippen LogP contribution in [0.2, 0.25) is 0 Å². The van der Waals surface area contributed by atoms with Crippen molar-refractivity contribution in [2.45, 2.75) is 32.2 Å². The van der Waals surface area contributed by atoms with Crippen LogP contribution in [0.4, 0.5) is 5.69 Å². The SMILES string of the molecule is Cc1ccc(NC(=O)c2ccc3c(c2)CCCC3N2CCN(C)CC2)cc1I. The van der Waals surface area contributed by atoms with Crippen LogP contribution in [-0.4, -0.2) is 48.9 Å². The molecule has 148 valence electrons. The van der Waals surface area contributed by atoms with Gasteiger partial charge >= 0.3 is 0 Å². The Bertz CT molecular complexity index is 874. The second-order valence-electron chi connectivity index (χ2n) is 8.08. The van der Waals surface area contributed by atoms with Crippen molar-refractivity contribution in [1.29, 1.82) is 0 Å². The molecule has 0 saturated carbocycles. The quantitative estimate of drug-likeness (QED) is 0.647. The molecule has 28 heavy (non-hydrogen) atoms.